The van der Waals surface area contributed by atoms with Gasteiger partial charge in [0.15, 0.2) is 0 Å². The molecule has 0 aromatic heterocycles. The normalized spacial score (nSPS) is 22.4. The second-order valence-corrected chi connectivity index (χ2v) is 5.04. The summed E-state index contributed by atoms with van der Waals surface area (Å²) in [6.45, 7) is 2.91. The van der Waals surface area contributed by atoms with E-state index in [9.17, 15) is 4.21 Å². The van der Waals surface area contributed by atoms with Crippen molar-refractivity contribution in [3.8, 4) is 0 Å². The fraction of sp³-hybridized carbons (Fsp3) is 1.00. The SMILES string of the molecule is CCS(=O)NCC1CCCCC1. The molecule has 1 saturated carbocycles. The first-order chi connectivity index (χ1) is 5.83. The second kappa shape index (κ2) is 5.70. The van der Waals surface area contributed by atoms with Crippen molar-refractivity contribution >= 4 is 11.0 Å². The van der Waals surface area contributed by atoms with E-state index in [2.05, 4.69) is 4.72 Å². The van der Waals surface area contributed by atoms with Crippen LogP contribution in [0.4, 0.5) is 0 Å². The van der Waals surface area contributed by atoms with E-state index in [4.69, 9.17) is 0 Å². The molecular formula is C9H19NOS. The van der Waals surface area contributed by atoms with Gasteiger partial charge in [0.2, 0.25) is 0 Å². The molecule has 0 radical (unpaired) electrons. The summed E-state index contributed by atoms with van der Waals surface area (Å²) in [7, 11) is -0.779. The molecule has 0 aromatic rings. The van der Waals surface area contributed by atoms with E-state index >= 15 is 0 Å². The molecule has 72 valence electrons. The summed E-state index contributed by atoms with van der Waals surface area (Å²) in [5, 5.41) is 0. The van der Waals surface area contributed by atoms with Crippen molar-refractivity contribution in [3.05, 3.63) is 0 Å². The molecule has 0 heterocycles. The Bertz CT molecular complexity index is 143. The number of hydrogen-bond donors (Lipinski definition) is 1. The monoisotopic (exact) mass is 189 g/mol. The lowest BCUT2D eigenvalue weighted by atomic mass is 9.90. The molecule has 12 heavy (non-hydrogen) atoms. The maximum atomic E-state index is 11.1. The van der Waals surface area contributed by atoms with E-state index in [1.54, 1.807) is 0 Å². The zero-order valence-electron chi connectivity index (χ0n) is 7.84. The third-order valence-corrected chi connectivity index (χ3v) is 3.53. The van der Waals surface area contributed by atoms with Gasteiger partial charge in [0.1, 0.15) is 0 Å². The smallest absolute Gasteiger partial charge is 0.0912 e. The van der Waals surface area contributed by atoms with Crippen LogP contribution in [0.25, 0.3) is 0 Å². The van der Waals surface area contributed by atoms with Gasteiger partial charge in [-0.05, 0) is 18.8 Å². The van der Waals surface area contributed by atoms with Gasteiger partial charge in [-0.15, -0.1) is 0 Å². The molecule has 3 heteroatoms. The van der Waals surface area contributed by atoms with E-state index < -0.39 is 11.0 Å². The maximum absolute atomic E-state index is 11.1. The summed E-state index contributed by atoms with van der Waals surface area (Å²) < 4.78 is 14.1. The van der Waals surface area contributed by atoms with Crippen molar-refractivity contribution in [1.29, 1.82) is 0 Å². The molecule has 1 aliphatic carbocycles. The van der Waals surface area contributed by atoms with Crippen LogP contribution < -0.4 is 4.72 Å². The first-order valence-electron chi connectivity index (χ1n) is 4.94. The highest BCUT2D eigenvalue weighted by molar-refractivity contribution is 7.82. The Morgan fingerprint density at radius 2 is 2.00 bits per heavy atom. The van der Waals surface area contributed by atoms with Gasteiger partial charge in [-0.1, -0.05) is 26.2 Å². The Morgan fingerprint density at radius 1 is 1.33 bits per heavy atom. The molecule has 1 aliphatic rings. The van der Waals surface area contributed by atoms with Crippen LogP contribution in [-0.2, 0) is 11.0 Å². The van der Waals surface area contributed by atoms with E-state index in [0.717, 1.165) is 18.2 Å². The van der Waals surface area contributed by atoms with Crippen molar-refractivity contribution in [2.75, 3.05) is 12.3 Å². The van der Waals surface area contributed by atoms with Crippen molar-refractivity contribution in [2.45, 2.75) is 39.0 Å². The molecule has 1 rings (SSSR count). The van der Waals surface area contributed by atoms with E-state index in [1.807, 2.05) is 6.92 Å². The largest absolute Gasteiger partial charge is 0.243 e. The quantitative estimate of drug-likeness (QED) is 0.718. The van der Waals surface area contributed by atoms with Crippen molar-refractivity contribution in [1.82, 2.24) is 4.72 Å². The van der Waals surface area contributed by atoms with Crippen LogP contribution in [0.1, 0.15) is 39.0 Å². The molecule has 0 spiro atoms. The predicted molar refractivity (Wildman–Crippen MR) is 53.3 cm³/mol. The topological polar surface area (TPSA) is 29.1 Å². The van der Waals surface area contributed by atoms with E-state index in [0.29, 0.717) is 0 Å². The van der Waals surface area contributed by atoms with Gasteiger partial charge in [-0.2, -0.15) is 0 Å². The highest BCUT2D eigenvalue weighted by Gasteiger charge is 2.13. The van der Waals surface area contributed by atoms with Gasteiger partial charge in [0.05, 0.1) is 11.0 Å². The third-order valence-electron chi connectivity index (χ3n) is 2.52. The fourth-order valence-electron chi connectivity index (χ4n) is 1.70. The van der Waals surface area contributed by atoms with Crippen LogP contribution in [0.2, 0.25) is 0 Å². The van der Waals surface area contributed by atoms with Gasteiger partial charge < -0.3 is 0 Å². The summed E-state index contributed by atoms with van der Waals surface area (Å²) in [4.78, 5) is 0. The van der Waals surface area contributed by atoms with Gasteiger partial charge >= 0.3 is 0 Å². The molecule has 1 unspecified atom stereocenters. The average molecular weight is 189 g/mol. The number of nitrogens with one attached hydrogen (secondary N) is 1. The van der Waals surface area contributed by atoms with E-state index in [-0.39, 0.29) is 0 Å². The minimum Gasteiger partial charge on any atom is -0.243 e. The first-order valence-corrected chi connectivity index (χ1v) is 6.26. The molecule has 0 amide bonds. The Kier molecular flexibility index (Phi) is 4.84. The van der Waals surface area contributed by atoms with Gasteiger partial charge in [0.25, 0.3) is 0 Å². The van der Waals surface area contributed by atoms with Crippen LogP contribution in [0.5, 0.6) is 0 Å². The zero-order chi connectivity index (χ0) is 8.81. The molecule has 1 N–H and O–H groups in total. The highest BCUT2D eigenvalue weighted by atomic mass is 32.2. The lowest BCUT2D eigenvalue weighted by Gasteiger charge is -2.21. The van der Waals surface area contributed by atoms with Gasteiger partial charge in [0, 0.05) is 12.3 Å². The third kappa shape index (κ3) is 3.68. The average Bonchev–Trinajstić information content (AvgIpc) is 2.16. The van der Waals surface area contributed by atoms with Gasteiger partial charge in [-0.25, -0.2) is 8.93 Å². The van der Waals surface area contributed by atoms with E-state index in [1.165, 1.54) is 32.1 Å². The van der Waals surface area contributed by atoms with Crippen LogP contribution in [0.3, 0.4) is 0 Å². The molecule has 0 saturated heterocycles. The predicted octanol–water partition coefficient (Wildman–Crippen LogP) is 1.84. The van der Waals surface area contributed by atoms with Crippen molar-refractivity contribution in [2.24, 2.45) is 5.92 Å². The summed E-state index contributed by atoms with van der Waals surface area (Å²) in [6, 6.07) is 0. The standard InChI is InChI=1S/C9H19NOS/c1-2-12(11)10-8-9-6-4-3-5-7-9/h9-10H,2-8H2,1H3. The lowest BCUT2D eigenvalue weighted by Crippen LogP contribution is -2.27. The van der Waals surface area contributed by atoms with Crippen LogP contribution in [0.15, 0.2) is 0 Å². The first kappa shape index (κ1) is 10.2. The molecule has 2 nitrogen and oxygen atoms in total. The molecule has 1 fully saturated rings. The molecular weight excluding hydrogens is 170 g/mol. The Balaban J connectivity index is 2.09. The Morgan fingerprint density at radius 3 is 2.58 bits per heavy atom. The lowest BCUT2D eigenvalue weighted by molar-refractivity contribution is 0.359. The minimum atomic E-state index is -0.779. The molecule has 0 aliphatic heterocycles. The molecule has 0 aromatic carbocycles. The zero-order valence-corrected chi connectivity index (χ0v) is 8.66. The number of hydrogen-bond acceptors (Lipinski definition) is 1. The fourth-order valence-corrected chi connectivity index (χ4v) is 2.33. The van der Waals surface area contributed by atoms with Crippen molar-refractivity contribution < 1.29 is 4.21 Å². The number of rotatable bonds is 4. The minimum absolute atomic E-state index is 0.729. The maximum Gasteiger partial charge on any atom is 0.0912 e. The Hall–Kier alpha value is 0.110. The highest BCUT2D eigenvalue weighted by Crippen LogP contribution is 2.22. The van der Waals surface area contributed by atoms with Crippen LogP contribution in [-0.4, -0.2) is 16.5 Å². The van der Waals surface area contributed by atoms with Crippen LogP contribution in [0, 0.1) is 5.92 Å². The summed E-state index contributed by atoms with van der Waals surface area (Å²) in [6.07, 6.45) is 6.78. The second-order valence-electron chi connectivity index (χ2n) is 3.49. The summed E-state index contributed by atoms with van der Waals surface area (Å²) >= 11 is 0. The molecule has 1 atom stereocenters. The Labute approximate surface area is 77.7 Å². The summed E-state index contributed by atoms with van der Waals surface area (Å²) in [5.74, 6) is 1.52. The molecule has 0 bridgehead atoms. The summed E-state index contributed by atoms with van der Waals surface area (Å²) in [5.41, 5.74) is 0. The van der Waals surface area contributed by atoms with Crippen LogP contribution >= 0.6 is 0 Å². The van der Waals surface area contributed by atoms with Gasteiger partial charge in [-0.3, -0.25) is 0 Å². The van der Waals surface area contributed by atoms with Crippen molar-refractivity contribution in [3.63, 3.8) is 0 Å².